The number of carbonyl (C=O) groups excluding carboxylic acids is 3. The second-order valence-corrected chi connectivity index (χ2v) is 11.8. The van der Waals surface area contributed by atoms with Crippen molar-refractivity contribution in [2.75, 3.05) is 4.90 Å². The van der Waals surface area contributed by atoms with Gasteiger partial charge in [-0.1, -0.05) is 123 Å². The van der Waals surface area contributed by atoms with Crippen molar-refractivity contribution in [3.8, 4) is 0 Å². The van der Waals surface area contributed by atoms with Gasteiger partial charge in [0.05, 0.1) is 6.04 Å². The maximum atomic E-state index is 14.8. The van der Waals surface area contributed by atoms with Crippen molar-refractivity contribution in [2.45, 2.75) is 38.3 Å². The van der Waals surface area contributed by atoms with Gasteiger partial charge in [-0.15, -0.1) is 0 Å². The molecule has 0 aromatic heterocycles. The van der Waals surface area contributed by atoms with Crippen LogP contribution in [-0.4, -0.2) is 29.4 Å². The Morgan fingerprint density at radius 1 is 0.780 bits per heavy atom. The number of fused-ring (bicyclic) bond motifs is 5. The van der Waals surface area contributed by atoms with Crippen LogP contribution in [0.3, 0.4) is 0 Å². The predicted molar refractivity (Wildman–Crippen MR) is 162 cm³/mol. The first kappa shape index (κ1) is 25.4. The van der Waals surface area contributed by atoms with Crippen molar-refractivity contribution in [3.63, 3.8) is 0 Å². The van der Waals surface area contributed by atoms with Crippen LogP contribution in [0.25, 0.3) is 6.08 Å². The van der Waals surface area contributed by atoms with E-state index < -0.39 is 23.4 Å². The number of para-hydroxylation sites is 1. The first-order chi connectivity index (χ1) is 19.9. The molecule has 0 radical (unpaired) electrons. The summed E-state index contributed by atoms with van der Waals surface area (Å²) in [6.45, 7) is 4.35. The molecule has 7 rings (SSSR count). The van der Waals surface area contributed by atoms with Crippen molar-refractivity contribution in [1.82, 2.24) is 0 Å². The van der Waals surface area contributed by atoms with Crippen LogP contribution in [0.15, 0.2) is 109 Å². The Morgan fingerprint density at radius 2 is 1.39 bits per heavy atom. The van der Waals surface area contributed by atoms with E-state index in [1.807, 2.05) is 91.0 Å². The molecule has 4 heteroatoms. The summed E-state index contributed by atoms with van der Waals surface area (Å²) in [6.07, 6.45) is 4.90. The fourth-order valence-corrected chi connectivity index (χ4v) is 7.40. The van der Waals surface area contributed by atoms with Crippen LogP contribution in [0, 0.1) is 11.3 Å². The van der Waals surface area contributed by atoms with Crippen LogP contribution < -0.4 is 4.90 Å². The van der Waals surface area contributed by atoms with Gasteiger partial charge in [0.25, 0.3) is 0 Å². The van der Waals surface area contributed by atoms with Gasteiger partial charge in [-0.3, -0.25) is 14.4 Å². The van der Waals surface area contributed by atoms with Gasteiger partial charge in [-0.2, -0.15) is 0 Å². The molecule has 2 heterocycles. The molecule has 2 aliphatic heterocycles. The van der Waals surface area contributed by atoms with E-state index in [0.717, 1.165) is 23.2 Å². The molecule has 4 aromatic rings. The number of anilines is 1. The molecular weight excluding hydrogens is 506 g/mol. The molecule has 0 N–H and O–H groups in total. The molecule has 0 bridgehead atoms. The molecule has 0 amide bonds. The smallest absolute Gasteiger partial charge is 0.185 e. The largest absolute Gasteiger partial charge is 0.352 e. The molecule has 1 saturated heterocycles. The molecule has 4 aromatic carbocycles. The summed E-state index contributed by atoms with van der Waals surface area (Å²) in [4.78, 5) is 46.1. The SMILES string of the molecule is CC(C)Cc1ccc(C(=O)[C@H]2[C@H](c3ccccc3)C3(C(=O)c4ccccc4C3=O)[C@H]3C=Cc4ccccc4N23)cc1. The Labute approximate surface area is 240 Å². The summed E-state index contributed by atoms with van der Waals surface area (Å²) in [7, 11) is 0. The Kier molecular flexibility index (Phi) is 5.90. The lowest BCUT2D eigenvalue weighted by Gasteiger charge is -2.37. The van der Waals surface area contributed by atoms with E-state index >= 15 is 0 Å². The molecule has 0 saturated carbocycles. The van der Waals surface area contributed by atoms with Crippen LogP contribution in [0.5, 0.6) is 0 Å². The fraction of sp³-hybridized carbons (Fsp3) is 0.216. The van der Waals surface area contributed by atoms with Gasteiger partial charge >= 0.3 is 0 Å². The molecule has 1 spiro atoms. The highest BCUT2D eigenvalue weighted by Crippen LogP contribution is 2.60. The van der Waals surface area contributed by atoms with Crippen LogP contribution in [0.2, 0.25) is 0 Å². The first-order valence-corrected chi connectivity index (χ1v) is 14.3. The minimum Gasteiger partial charge on any atom is -0.352 e. The third kappa shape index (κ3) is 3.63. The van der Waals surface area contributed by atoms with Crippen LogP contribution in [0.1, 0.15) is 67.5 Å². The van der Waals surface area contributed by atoms with Crippen molar-refractivity contribution in [3.05, 3.63) is 143 Å². The number of benzene rings is 4. The van der Waals surface area contributed by atoms with E-state index in [1.165, 1.54) is 5.56 Å². The Hall–Kier alpha value is -4.57. The Bertz CT molecular complexity index is 1680. The van der Waals surface area contributed by atoms with Crippen LogP contribution in [0.4, 0.5) is 5.69 Å². The highest BCUT2D eigenvalue weighted by Gasteiger charge is 2.71. The van der Waals surface area contributed by atoms with E-state index in [0.29, 0.717) is 22.6 Å². The summed E-state index contributed by atoms with van der Waals surface area (Å²) in [5.41, 5.74) is 3.83. The van der Waals surface area contributed by atoms with Gasteiger partial charge < -0.3 is 4.90 Å². The zero-order chi connectivity index (χ0) is 28.3. The highest BCUT2D eigenvalue weighted by molar-refractivity contribution is 6.32. The van der Waals surface area contributed by atoms with Crippen molar-refractivity contribution in [1.29, 1.82) is 0 Å². The second kappa shape index (κ2) is 9.52. The summed E-state index contributed by atoms with van der Waals surface area (Å²) in [5, 5.41) is 0. The summed E-state index contributed by atoms with van der Waals surface area (Å²) >= 11 is 0. The molecule has 3 atom stereocenters. The zero-order valence-corrected chi connectivity index (χ0v) is 23.2. The lowest BCUT2D eigenvalue weighted by molar-refractivity contribution is 0.0666. The molecular formula is C37H31NO3. The molecule has 1 aliphatic carbocycles. The zero-order valence-electron chi connectivity index (χ0n) is 23.2. The number of hydrogen-bond donors (Lipinski definition) is 0. The summed E-state index contributed by atoms with van der Waals surface area (Å²) in [5.74, 6) is -0.660. The van der Waals surface area contributed by atoms with E-state index in [2.05, 4.69) is 18.7 Å². The van der Waals surface area contributed by atoms with Gasteiger partial charge in [0.1, 0.15) is 11.5 Å². The molecule has 202 valence electrons. The van der Waals surface area contributed by atoms with Crippen molar-refractivity contribution >= 4 is 29.1 Å². The lowest BCUT2D eigenvalue weighted by Crippen LogP contribution is -2.48. The third-order valence-corrected chi connectivity index (χ3v) is 9.02. The van der Waals surface area contributed by atoms with E-state index in [-0.39, 0.29) is 17.3 Å². The van der Waals surface area contributed by atoms with E-state index in [1.54, 1.807) is 24.3 Å². The number of nitrogens with zero attached hydrogens (tertiary/aromatic N) is 1. The minimum atomic E-state index is -1.47. The first-order valence-electron chi connectivity index (χ1n) is 14.3. The summed E-state index contributed by atoms with van der Waals surface area (Å²) in [6, 6.07) is 31.2. The number of ketones is 3. The molecule has 0 unspecified atom stereocenters. The number of rotatable bonds is 5. The maximum absolute atomic E-state index is 14.8. The standard InChI is InChI=1S/C37H31NO3/c1-23(2)22-24-16-18-27(19-17-24)34(39)33-32(26-11-4-3-5-12-26)37(35(40)28-13-7-8-14-29(28)36(37)41)31-21-20-25-10-6-9-15-30(25)38(31)33/h3-21,23,31-33H,22H2,1-2H3/t31-,32+,33-/m1/s1. The van der Waals surface area contributed by atoms with Crippen molar-refractivity contribution < 1.29 is 14.4 Å². The summed E-state index contributed by atoms with van der Waals surface area (Å²) < 4.78 is 0. The van der Waals surface area contributed by atoms with Gasteiger partial charge in [0.15, 0.2) is 17.3 Å². The average molecular weight is 538 g/mol. The number of Topliss-reactive ketones (excluding diaryl/α,β-unsaturated/α-hetero) is 3. The van der Waals surface area contributed by atoms with E-state index in [4.69, 9.17) is 0 Å². The third-order valence-electron chi connectivity index (χ3n) is 9.02. The van der Waals surface area contributed by atoms with Gasteiger partial charge in [-0.05, 0) is 35.1 Å². The van der Waals surface area contributed by atoms with Crippen LogP contribution in [-0.2, 0) is 6.42 Å². The normalized spacial score (nSPS) is 21.7. The molecule has 41 heavy (non-hydrogen) atoms. The molecule has 4 nitrogen and oxygen atoms in total. The monoisotopic (exact) mass is 537 g/mol. The van der Waals surface area contributed by atoms with Crippen molar-refractivity contribution in [2.24, 2.45) is 11.3 Å². The second-order valence-electron chi connectivity index (χ2n) is 11.8. The molecule has 1 fully saturated rings. The lowest BCUT2D eigenvalue weighted by atomic mass is 9.64. The average Bonchev–Trinajstić information content (AvgIpc) is 3.43. The maximum Gasteiger partial charge on any atom is 0.185 e. The highest BCUT2D eigenvalue weighted by atomic mass is 16.2. The van der Waals surface area contributed by atoms with Gasteiger partial charge in [0.2, 0.25) is 0 Å². The predicted octanol–water partition coefficient (Wildman–Crippen LogP) is 7.20. The minimum absolute atomic E-state index is 0.0847. The fourth-order valence-electron chi connectivity index (χ4n) is 7.40. The van der Waals surface area contributed by atoms with E-state index in [9.17, 15) is 14.4 Å². The Balaban J connectivity index is 1.47. The number of carbonyl (C=O) groups is 3. The quantitative estimate of drug-likeness (QED) is 0.200. The van der Waals surface area contributed by atoms with Gasteiger partial charge in [0, 0.05) is 28.3 Å². The van der Waals surface area contributed by atoms with Crippen LogP contribution >= 0.6 is 0 Å². The topological polar surface area (TPSA) is 54.5 Å². The number of hydrogen-bond acceptors (Lipinski definition) is 4. The Morgan fingerprint density at radius 3 is 2.05 bits per heavy atom. The van der Waals surface area contributed by atoms with Gasteiger partial charge in [-0.25, -0.2) is 0 Å². The molecule has 3 aliphatic rings.